The van der Waals surface area contributed by atoms with E-state index < -0.39 is 0 Å². The van der Waals surface area contributed by atoms with Crippen LogP contribution < -0.4 is 10.2 Å². The first kappa shape index (κ1) is 13.6. The number of nitrogens with one attached hydrogen (secondary N) is 1. The summed E-state index contributed by atoms with van der Waals surface area (Å²) in [6.07, 6.45) is 2.53. The van der Waals surface area contributed by atoms with Crippen molar-refractivity contribution in [2.24, 2.45) is 0 Å². The van der Waals surface area contributed by atoms with Gasteiger partial charge in [-0.2, -0.15) is 0 Å². The lowest BCUT2D eigenvalue weighted by atomic mass is 10.1. The summed E-state index contributed by atoms with van der Waals surface area (Å²) in [5.74, 6) is 0. The van der Waals surface area contributed by atoms with Crippen LogP contribution >= 0.6 is 23.7 Å². The van der Waals surface area contributed by atoms with Gasteiger partial charge in [0.2, 0.25) is 0 Å². The van der Waals surface area contributed by atoms with Gasteiger partial charge in [0.25, 0.3) is 0 Å². The summed E-state index contributed by atoms with van der Waals surface area (Å²) in [5.41, 5.74) is 1.12. The molecule has 1 unspecified atom stereocenters. The van der Waals surface area contributed by atoms with Gasteiger partial charge in [-0.15, -0.1) is 12.4 Å². The van der Waals surface area contributed by atoms with Crippen molar-refractivity contribution < 1.29 is 0 Å². The van der Waals surface area contributed by atoms with E-state index in [1.165, 1.54) is 22.7 Å². The summed E-state index contributed by atoms with van der Waals surface area (Å²) < 4.78 is 1.29. The smallest absolute Gasteiger partial charge is 0.186 e. The Balaban J connectivity index is 0.00000120. The van der Waals surface area contributed by atoms with Crippen LogP contribution in [0.3, 0.4) is 0 Å². The molecule has 1 aromatic heterocycles. The molecule has 1 aliphatic heterocycles. The van der Waals surface area contributed by atoms with Gasteiger partial charge >= 0.3 is 0 Å². The molecule has 1 aromatic carbocycles. The Bertz CT molecular complexity index is 481. The number of benzene rings is 1. The number of para-hydroxylation sites is 1. The largest absolute Gasteiger partial charge is 0.347 e. The maximum atomic E-state index is 4.72. The van der Waals surface area contributed by atoms with E-state index in [0.717, 1.165) is 18.6 Å². The molecule has 0 bridgehead atoms. The first-order valence-corrected chi connectivity index (χ1v) is 6.96. The van der Waals surface area contributed by atoms with Gasteiger partial charge < -0.3 is 10.2 Å². The van der Waals surface area contributed by atoms with Crippen LogP contribution in [-0.2, 0) is 0 Å². The quantitative estimate of drug-likeness (QED) is 0.919. The predicted octanol–water partition coefficient (Wildman–Crippen LogP) is 2.91. The Morgan fingerprint density at radius 2 is 2.22 bits per heavy atom. The number of hydrogen-bond donors (Lipinski definition) is 1. The molecule has 3 rings (SSSR count). The molecule has 1 fully saturated rings. The fourth-order valence-corrected chi connectivity index (χ4v) is 3.38. The van der Waals surface area contributed by atoms with E-state index in [1.807, 2.05) is 7.05 Å². The second-order valence-electron chi connectivity index (χ2n) is 4.54. The van der Waals surface area contributed by atoms with Crippen molar-refractivity contribution in [3.63, 3.8) is 0 Å². The molecule has 0 spiro atoms. The van der Waals surface area contributed by atoms with Crippen LogP contribution in [0.1, 0.15) is 12.8 Å². The van der Waals surface area contributed by atoms with Crippen molar-refractivity contribution in [3.05, 3.63) is 24.3 Å². The number of hydrogen-bond acceptors (Lipinski definition) is 4. The standard InChI is InChI=1S/C13H17N3S.ClH/c1-14-10-5-4-8-16(9-10)13-15-11-6-2-3-7-12(11)17-13;/h2-3,6-7,10,14H,4-5,8-9H2,1H3;1H. The van der Waals surface area contributed by atoms with E-state index in [0.29, 0.717) is 6.04 Å². The van der Waals surface area contributed by atoms with E-state index in [4.69, 9.17) is 4.98 Å². The summed E-state index contributed by atoms with van der Waals surface area (Å²) in [4.78, 5) is 7.13. The van der Waals surface area contributed by atoms with Gasteiger partial charge in [0, 0.05) is 19.1 Å². The van der Waals surface area contributed by atoms with E-state index in [1.54, 1.807) is 11.3 Å². The lowest BCUT2D eigenvalue weighted by Gasteiger charge is -2.32. The predicted molar refractivity (Wildman–Crippen MR) is 81.2 cm³/mol. The summed E-state index contributed by atoms with van der Waals surface area (Å²) >= 11 is 1.80. The molecule has 3 nitrogen and oxygen atoms in total. The third-order valence-electron chi connectivity index (χ3n) is 3.38. The molecule has 0 aliphatic carbocycles. The highest BCUT2D eigenvalue weighted by atomic mass is 35.5. The molecule has 1 atom stereocenters. The first-order chi connectivity index (χ1) is 8.36. The highest BCUT2D eigenvalue weighted by molar-refractivity contribution is 7.22. The van der Waals surface area contributed by atoms with Gasteiger partial charge in [-0.1, -0.05) is 23.5 Å². The molecule has 1 N–H and O–H groups in total. The lowest BCUT2D eigenvalue weighted by molar-refractivity contribution is 0.449. The minimum atomic E-state index is 0. The van der Waals surface area contributed by atoms with Gasteiger partial charge in [0.05, 0.1) is 10.2 Å². The van der Waals surface area contributed by atoms with Gasteiger partial charge in [0.15, 0.2) is 5.13 Å². The Kier molecular flexibility index (Phi) is 4.43. The molecular formula is C13H18ClN3S. The molecular weight excluding hydrogens is 266 g/mol. The number of fused-ring (bicyclic) bond motifs is 1. The van der Waals surface area contributed by atoms with Crippen LogP contribution in [0.15, 0.2) is 24.3 Å². The van der Waals surface area contributed by atoms with Crippen molar-refractivity contribution >= 4 is 39.1 Å². The number of halogens is 1. The van der Waals surface area contributed by atoms with Crippen molar-refractivity contribution in [1.29, 1.82) is 0 Å². The van der Waals surface area contributed by atoms with Crippen LogP contribution in [0.4, 0.5) is 5.13 Å². The van der Waals surface area contributed by atoms with Crippen molar-refractivity contribution in [2.75, 3.05) is 25.0 Å². The monoisotopic (exact) mass is 283 g/mol. The zero-order valence-electron chi connectivity index (χ0n) is 10.4. The molecule has 2 aromatic rings. The average molecular weight is 284 g/mol. The zero-order valence-corrected chi connectivity index (χ0v) is 12.1. The molecule has 0 amide bonds. The van der Waals surface area contributed by atoms with Crippen molar-refractivity contribution in [1.82, 2.24) is 10.3 Å². The summed E-state index contributed by atoms with van der Waals surface area (Å²) in [6.45, 7) is 2.22. The fraction of sp³-hybridized carbons (Fsp3) is 0.462. The number of rotatable bonds is 2. The average Bonchev–Trinajstić information content (AvgIpc) is 2.82. The lowest BCUT2D eigenvalue weighted by Crippen LogP contribution is -2.44. The number of aromatic nitrogens is 1. The Morgan fingerprint density at radius 3 is 3.00 bits per heavy atom. The molecule has 1 aliphatic rings. The van der Waals surface area contributed by atoms with Crippen LogP contribution in [0.25, 0.3) is 10.2 Å². The molecule has 2 heterocycles. The van der Waals surface area contributed by atoms with E-state index in [2.05, 4.69) is 34.5 Å². The number of likely N-dealkylation sites (N-methyl/N-ethyl adjacent to an activating group) is 1. The molecule has 5 heteroatoms. The summed E-state index contributed by atoms with van der Waals surface area (Å²) in [7, 11) is 2.05. The first-order valence-electron chi connectivity index (χ1n) is 6.14. The normalized spacial score (nSPS) is 19.8. The van der Waals surface area contributed by atoms with Crippen molar-refractivity contribution in [2.45, 2.75) is 18.9 Å². The fourth-order valence-electron chi connectivity index (χ4n) is 2.38. The van der Waals surface area contributed by atoms with Gasteiger partial charge in [-0.25, -0.2) is 4.98 Å². The van der Waals surface area contributed by atoms with Gasteiger partial charge in [-0.05, 0) is 32.0 Å². The molecule has 18 heavy (non-hydrogen) atoms. The van der Waals surface area contributed by atoms with Gasteiger partial charge in [0.1, 0.15) is 0 Å². The maximum absolute atomic E-state index is 4.72. The Labute approximate surface area is 118 Å². The maximum Gasteiger partial charge on any atom is 0.186 e. The Morgan fingerprint density at radius 1 is 1.39 bits per heavy atom. The third-order valence-corrected chi connectivity index (χ3v) is 4.48. The highest BCUT2D eigenvalue weighted by Gasteiger charge is 2.20. The molecule has 0 saturated carbocycles. The van der Waals surface area contributed by atoms with E-state index in [-0.39, 0.29) is 12.4 Å². The second kappa shape index (κ2) is 5.87. The van der Waals surface area contributed by atoms with E-state index in [9.17, 15) is 0 Å². The minimum absolute atomic E-state index is 0. The van der Waals surface area contributed by atoms with Crippen LogP contribution in [0.5, 0.6) is 0 Å². The van der Waals surface area contributed by atoms with Crippen LogP contribution in [0.2, 0.25) is 0 Å². The second-order valence-corrected chi connectivity index (χ2v) is 5.55. The number of nitrogens with zero attached hydrogens (tertiary/aromatic N) is 2. The zero-order chi connectivity index (χ0) is 11.7. The van der Waals surface area contributed by atoms with Crippen LogP contribution in [0, 0.1) is 0 Å². The van der Waals surface area contributed by atoms with E-state index >= 15 is 0 Å². The topological polar surface area (TPSA) is 28.2 Å². The number of anilines is 1. The molecule has 0 radical (unpaired) electrons. The molecule has 1 saturated heterocycles. The van der Waals surface area contributed by atoms with Gasteiger partial charge in [-0.3, -0.25) is 0 Å². The minimum Gasteiger partial charge on any atom is -0.347 e. The summed E-state index contributed by atoms with van der Waals surface area (Å²) in [6, 6.07) is 8.98. The third kappa shape index (κ3) is 2.60. The van der Waals surface area contributed by atoms with Crippen LogP contribution in [-0.4, -0.2) is 31.2 Å². The number of piperidine rings is 1. The van der Waals surface area contributed by atoms with Crippen molar-refractivity contribution in [3.8, 4) is 0 Å². The highest BCUT2D eigenvalue weighted by Crippen LogP contribution is 2.30. The SMILES string of the molecule is CNC1CCCN(c2nc3ccccc3s2)C1.Cl. The molecule has 98 valence electrons. The number of thiazole rings is 1. The summed E-state index contributed by atoms with van der Waals surface area (Å²) in [5, 5.41) is 4.54. The Hall–Kier alpha value is -0.840.